The zero-order valence-electron chi connectivity index (χ0n) is 10.3. The molecular formula is C13H14F3NO. The van der Waals surface area contributed by atoms with E-state index < -0.39 is 17.3 Å². The third-order valence-electron chi connectivity index (χ3n) is 3.00. The van der Waals surface area contributed by atoms with Gasteiger partial charge in [0.1, 0.15) is 0 Å². The molecule has 98 valence electrons. The van der Waals surface area contributed by atoms with E-state index in [0.717, 1.165) is 12.1 Å². The molecule has 0 saturated carbocycles. The Morgan fingerprint density at radius 3 is 2.22 bits per heavy atom. The Kier molecular flexibility index (Phi) is 2.70. The average Bonchev–Trinajstić information content (AvgIpc) is 2.54. The molecular weight excluding hydrogens is 243 g/mol. The smallest absolute Gasteiger partial charge is 0.384 e. The van der Waals surface area contributed by atoms with Crippen LogP contribution in [0.25, 0.3) is 10.9 Å². The quantitative estimate of drug-likeness (QED) is 0.832. The Hall–Kier alpha value is -1.49. The molecule has 1 aromatic heterocycles. The van der Waals surface area contributed by atoms with Crippen molar-refractivity contribution in [2.45, 2.75) is 25.6 Å². The Morgan fingerprint density at radius 1 is 1.11 bits per heavy atom. The fourth-order valence-electron chi connectivity index (χ4n) is 2.11. The van der Waals surface area contributed by atoms with Gasteiger partial charge in [-0.3, -0.25) is 0 Å². The number of fused-ring (bicyclic) bond motifs is 1. The normalized spacial score (nSPS) is 13.3. The lowest BCUT2D eigenvalue weighted by molar-refractivity contribution is -0.137. The maximum Gasteiger partial charge on any atom is 0.416 e. The summed E-state index contributed by atoms with van der Waals surface area (Å²) in [6.07, 6.45) is -4.35. The predicted molar refractivity (Wildman–Crippen MR) is 63.2 cm³/mol. The van der Waals surface area contributed by atoms with Crippen LogP contribution in [0.3, 0.4) is 0 Å². The predicted octanol–water partition coefficient (Wildman–Crippen LogP) is 3.42. The van der Waals surface area contributed by atoms with E-state index in [0.29, 0.717) is 16.6 Å². The molecule has 5 heteroatoms. The van der Waals surface area contributed by atoms with E-state index in [-0.39, 0.29) is 0 Å². The number of rotatable bonds is 1. The highest BCUT2D eigenvalue weighted by atomic mass is 19.4. The summed E-state index contributed by atoms with van der Waals surface area (Å²) >= 11 is 0. The first-order valence-corrected chi connectivity index (χ1v) is 5.50. The Morgan fingerprint density at radius 2 is 1.72 bits per heavy atom. The van der Waals surface area contributed by atoms with Gasteiger partial charge >= 0.3 is 6.18 Å². The fourth-order valence-corrected chi connectivity index (χ4v) is 2.11. The standard InChI is InChI=1S/C13H14F3NO/c1-12(2,18)11-7-8-6-9(13(14,15)16)4-5-10(8)17(11)3/h4-7,18H,1-3H3. The zero-order chi connectivity index (χ0) is 13.7. The van der Waals surface area contributed by atoms with Crippen molar-refractivity contribution in [2.75, 3.05) is 0 Å². The monoisotopic (exact) mass is 257 g/mol. The van der Waals surface area contributed by atoms with Crippen molar-refractivity contribution in [3.05, 3.63) is 35.5 Å². The number of aliphatic hydroxyl groups is 1. The molecule has 0 radical (unpaired) electrons. The number of alkyl halides is 3. The maximum absolute atomic E-state index is 12.6. The summed E-state index contributed by atoms with van der Waals surface area (Å²) in [5, 5.41) is 10.4. The minimum absolute atomic E-state index is 0.476. The molecule has 1 aromatic carbocycles. The SMILES string of the molecule is Cn1c(C(C)(C)O)cc2cc(C(F)(F)F)ccc21. The zero-order valence-corrected chi connectivity index (χ0v) is 10.3. The van der Waals surface area contributed by atoms with Crippen LogP contribution in [0.2, 0.25) is 0 Å². The number of hydrogen-bond acceptors (Lipinski definition) is 1. The van der Waals surface area contributed by atoms with Crippen molar-refractivity contribution >= 4 is 10.9 Å². The van der Waals surface area contributed by atoms with Crippen LogP contribution in [-0.4, -0.2) is 9.67 Å². The molecule has 0 amide bonds. The van der Waals surface area contributed by atoms with Crippen molar-refractivity contribution in [2.24, 2.45) is 7.05 Å². The lowest BCUT2D eigenvalue weighted by Gasteiger charge is -2.18. The molecule has 0 aliphatic heterocycles. The molecule has 0 spiro atoms. The van der Waals surface area contributed by atoms with Gasteiger partial charge in [-0.2, -0.15) is 13.2 Å². The molecule has 0 unspecified atom stereocenters. The minimum Gasteiger partial charge on any atom is -0.384 e. The van der Waals surface area contributed by atoms with Gasteiger partial charge in [0.2, 0.25) is 0 Å². The van der Waals surface area contributed by atoms with E-state index in [1.54, 1.807) is 31.5 Å². The molecule has 1 heterocycles. The van der Waals surface area contributed by atoms with Crippen molar-refractivity contribution in [1.82, 2.24) is 4.57 Å². The molecule has 1 N–H and O–H groups in total. The molecule has 0 atom stereocenters. The van der Waals surface area contributed by atoms with Gasteiger partial charge in [0.25, 0.3) is 0 Å². The number of hydrogen-bond donors (Lipinski definition) is 1. The Balaban J connectivity index is 2.67. The van der Waals surface area contributed by atoms with Gasteiger partial charge in [-0.1, -0.05) is 0 Å². The lowest BCUT2D eigenvalue weighted by Crippen LogP contribution is -2.19. The van der Waals surface area contributed by atoms with E-state index in [1.807, 2.05) is 0 Å². The summed E-state index contributed by atoms with van der Waals surface area (Å²) in [5.74, 6) is 0. The van der Waals surface area contributed by atoms with Gasteiger partial charge in [0.05, 0.1) is 11.2 Å². The molecule has 18 heavy (non-hydrogen) atoms. The van der Waals surface area contributed by atoms with Crippen molar-refractivity contribution < 1.29 is 18.3 Å². The molecule has 0 aliphatic carbocycles. The molecule has 0 aliphatic rings. The van der Waals surface area contributed by atoms with Gasteiger partial charge < -0.3 is 9.67 Å². The van der Waals surface area contributed by atoms with Crippen LogP contribution in [0.4, 0.5) is 13.2 Å². The summed E-state index contributed by atoms with van der Waals surface area (Å²) in [5.41, 5.74) is -0.522. The summed E-state index contributed by atoms with van der Waals surface area (Å²) < 4.78 is 39.5. The molecule has 0 bridgehead atoms. The molecule has 2 nitrogen and oxygen atoms in total. The number of benzene rings is 1. The van der Waals surface area contributed by atoms with Crippen molar-refractivity contribution in [3.8, 4) is 0 Å². The number of nitrogens with zero attached hydrogens (tertiary/aromatic N) is 1. The van der Waals surface area contributed by atoms with Gasteiger partial charge in [-0.05, 0) is 38.1 Å². The van der Waals surface area contributed by atoms with Gasteiger partial charge in [0, 0.05) is 23.6 Å². The summed E-state index contributed by atoms with van der Waals surface area (Å²) in [6.45, 7) is 3.21. The van der Waals surface area contributed by atoms with E-state index in [2.05, 4.69) is 0 Å². The fraction of sp³-hybridized carbons (Fsp3) is 0.385. The summed E-state index contributed by atoms with van der Waals surface area (Å²) in [6, 6.07) is 5.17. The van der Waals surface area contributed by atoms with Crippen LogP contribution < -0.4 is 0 Å². The highest BCUT2D eigenvalue weighted by Crippen LogP contribution is 2.33. The van der Waals surface area contributed by atoms with Crippen LogP contribution in [0.1, 0.15) is 25.1 Å². The van der Waals surface area contributed by atoms with E-state index >= 15 is 0 Å². The third-order valence-corrected chi connectivity index (χ3v) is 3.00. The molecule has 2 rings (SSSR count). The highest BCUT2D eigenvalue weighted by molar-refractivity contribution is 5.82. The summed E-state index contributed by atoms with van der Waals surface area (Å²) in [4.78, 5) is 0. The minimum atomic E-state index is -4.35. The summed E-state index contributed by atoms with van der Waals surface area (Å²) in [7, 11) is 1.73. The van der Waals surface area contributed by atoms with Crippen molar-refractivity contribution in [1.29, 1.82) is 0 Å². The van der Waals surface area contributed by atoms with Crippen molar-refractivity contribution in [3.63, 3.8) is 0 Å². The van der Waals surface area contributed by atoms with Crippen LogP contribution in [0.15, 0.2) is 24.3 Å². The van der Waals surface area contributed by atoms with E-state index in [4.69, 9.17) is 0 Å². The lowest BCUT2D eigenvalue weighted by atomic mass is 10.1. The van der Waals surface area contributed by atoms with E-state index in [9.17, 15) is 18.3 Å². The second-order valence-corrected chi connectivity index (χ2v) is 4.92. The van der Waals surface area contributed by atoms with Gasteiger partial charge in [-0.15, -0.1) is 0 Å². The Bertz CT molecular complexity index is 591. The topological polar surface area (TPSA) is 25.2 Å². The largest absolute Gasteiger partial charge is 0.416 e. The number of aryl methyl sites for hydroxylation is 1. The molecule has 0 saturated heterocycles. The van der Waals surface area contributed by atoms with Crippen LogP contribution in [0.5, 0.6) is 0 Å². The van der Waals surface area contributed by atoms with Gasteiger partial charge in [0.15, 0.2) is 0 Å². The average molecular weight is 257 g/mol. The number of aromatic nitrogens is 1. The van der Waals surface area contributed by atoms with Crippen LogP contribution in [0, 0.1) is 0 Å². The first kappa shape index (κ1) is 13.0. The first-order chi connectivity index (χ1) is 8.10. The van der Waals surface area contributed by atoms with Crippen LogP contribution >= 0.6 is 0 Å². The number of halogens is 3. The second kappa shape index (κ2) is 3.75. The highest BCUT2D eigenvalue weighted by Gasteiger charge is 2.31. The Labute approximate surface area is 103 Å². The van der Waals surface area contributed by atoms with Crippen LogP contribution in [-0.2, 0) is 18.8 Å². The third kappa shape index (κ3) is 2.10. The molecule has 2 aromatic rings. The first-order valence-electron chi connectivity index (χ1n) is 5.50. The van der Waals surface area contributed by atoms with Gasteiger partial charge in [-0.25, -0.2) is 0 Å². The van der Waals surface area contributed by atoms with E-state index in [1.165, 1.54) is 6.07 Å². The maximum atomic E-state index is 12.6. The second-order valence-electron chi connectivity index (χ2n) is 4.92. The molecule has 0 fully saturated rings.